The summed E-state index contributed by atoms with van der Waals surface area (Å²) in [5.74, 6) is 0. The summed E-state index contributed by atoms with van der Waals surface area (Å²) in [6.07, 6.45) is 0.729. The zero-order chi connectivity index (χ0) is 9.26. The summed E-state index contributed by atoms with van der Waals surface area (Å²) >= 11 is 1.71. The number of rotatable bonds is 0. The van der Waals surface area contributed by atoms with Crippen molar-refractivity contribution in [2.24, 2.45) is 0 Å². The monoisotopic (exact) mass is 197 g/mol. The second kappa shape index (κ2) is 3.38. The number of fused-ring (bicyclic) bond motifs is 1. The quantitative estimate of drug-likeness (QED) is 0.635. The minimum absolute atomic E-state index is 0.223. The highest BCUT2D eigenvalue weighted by Gasteiger charge is 2.21. The lowest BCUT2D eigenvalue weighted by Crippen LogP contribution is -2.35. The van der Waals surface area contributed by atoms with Gasteiger partial charge in [0.1, 0.15) is 0 Å². The molecule has 0 saturated heterocycles. The van der Waals surface area contributed by atoms with Crippen molar-refractivity contribution >= 4 is 17.4 Å². The van der Waals surface area contributed by atoms with Gasteiger partial charge in [0.05, 0.1) is 13.7 Å². The van der Waals surface area contributed by atoms with Crippen molar-refractivity contribution in [3.05, 3.63) is 21.9 Å². The van der Waals surface area contributed by atoms with E-state index in [0.717, 1.165) is 13.0 Å². The van der Waals surface area contributed by atoms with E-state index in [1.807, 2.05) is 0 Å². The summed E-state index contributed by atoms with van der Waals surface area (Å²) in [6, 6.07) is 2.13. The molecule has 0 aliphatic carbocycles. The molecule has 1 aliphatic heterocycles. The van der Waals surface area contributed by atoms with Crippen molar-refractivity contribution in [2.75, 3.05) is 13.7 Å². The van der Waals surface area contributed by atoms with Crippen LogP contribution in [-0.2, 0) is 17.7 Å². The van der Waals surface area contributed by atoms with Crippen molar-refractivity contribution in [3.63, 3.8) is 0 Å². The van der Waals surface area contributed by atoms with Gasteiger partial charge < -0.3 is 9.64 Å². The zero-order valence-corrected chi connectivity index (χ0v) is 8.26. The number of thiophene rings is 1. The second-order valence-electron chi connectivity index (χ2n) is 3.01. The number of hydrogen-bond acceptors (Lipinski definition) is 3. The van der Waals surface area contributed by atoms with Crippen LogP contribution in [0, 0.1) is 0 Å². The van der Waals surface area contributed by atoms with Gasteiger partial charge in [0.15, 0.2) is 0 Å². The molecule has 0 unspecified atom stereocenters. The smallest absolute Gasteiger partial charge is 0.409 e. The zero-order valence-electron chi connectivity index (χ0n) is 7.45. The first-order chi connectivity index (χ1) is 6.31. The fourth-order valence-electron chi connectivity index (χ4n) is 1.52. The van der Waals surface area contributed by atoms with E-state index in [4.69, 9.17) is 0 Å². The number of ether oxygens (including phenoxy) is 1. The molecular weight excluding hydrogens is 186 g/mol. The standard InChI is InChI=1S/C9H11NO2S/c1-12-9(11)10-4-2-7-3-5-13-8(7)6-10/h3,5H,2,4,6H2,1H3. The van der Waals surface area contributed by atoms with Gasteiger partial charge in [-0.15, -0.1) is 11.3 Å². The van der Waals surface area contributed by atoms with Gasteiger partial charge >= 0.3 is 6.09 Å². The Bertz CT molecular complexity index is 321. The molecule has 0 saturated carbocycles. The van der Waals surface area contributed by atoms with Gasteiger partial charge in [0.25, 0.3) is 0 Å². The maximum absolute atomic E-state index is 11.2. The summed E-state index contributed by atoms with van der Waals surface area (Å²) in [4.78, 5) is 14.2. The molecule has 0 fully saturated rings. The van der Waals surface area contributed by atoms with Crippen LogP contribution in [0.3, 0.4) is 0 Å². The number of amides is 1. The van der Waals surface area contributed by atoms with Gasteiger partial charge in [-0.3, -0.25) is 0 Å². The fraction of sp³-hybridized carbons (Fsp3) is 0.444. The highest BCUT2D eigenvalue weighted by atomic mass is 32.1. The van der Waals surface area contributed by atoms with Crippen molar-refractivity contribution in [1.29, 1.82) is 0 Å². The predicted molar refractivity (Wildman–Crippen MR) is 50.8 cm³/mol. The van der Waals surface area contributed by atoms with E-state index in [9.17, 15) is 4.79 Å². The van der Waals surface area contributed by atoms with E-state index in [-0.39, 0.29) is 6.09 Å². The third-order valence-corrected chi connectivity index (χ3v) is 3.20. The first-order valence-corrected chi connectivity index (χ1v) is 5.07. The minimum atomic E-state index is -0.223. The average Bonchev–Trinajstić information content (AvgIpc) is 2.63. The molecule has 3 nitrogen and oxygen atoms in total. The van der Waals surface area contributed by atoms with Gasteiger partial charge in [0, 0.05) is 11.4 Å². The molecule has 13 heavy (non-hydrogen) atoms. The van der Waals surface area contributed by atoms with Gasteiger partial charge in [-0.2, -0.15) is 0 Å². The van der Waals surface area contributed by atoms with Crippen molar-refractivity contribution < 1.29 is 9.53 Å². The van der Waals surface area contributed by atoms with E-state index in [1.54, 1.807) is 16.2 Å². The van der Waals surface area contributed by atoms with Crippen LogP contribution in [-0.4, -0.2) is 24.6 Å². The molecule has 1 aliphatic rings. The molecule has 0 bridgehead atoms. The van der Waals surface area contributed by atoms with Gasteiger partial charge in [-0.1, -0.05) is 0 Å². The normalized spacial score (nSPS) is 15.3. The lowest BCUT2D eigenvalue weighted by molar-refractivity contribution is 0.119. The molecule has 1 aromatic rings. The number of carbonyl (C=O) groups excluding carboxylic acids is 1. The van der Waals surface area contributed by atoms with Crippen LogP contribution >= 0.6 is 11.3 Å². The SMILES string of the molecule is COC(=O)N1CCc2ccsc2C1. The van der Waals surface area contributed by atoms with Crippen LogP contribution in [0.25, 0.3) is 0 Å². The average molecular weight is 197 g/mol. The molecule has 0 atom stereocenters. The molecule has 1 aromatic heterocycles. The lowest BCUT2D eigenvalue weighted by Gasteiger charge is -2.25. The molecule has 2 rings (SSSR count). The van der Waals surface area contributed by atoms with Crippen LogP contribution in [0.1, 0.15) is 10.4 Å². The van der Waals surface area contributed by atoms with Gasteiger partial charge in [0.2, 0.25) is 0 Å². The van der Waals surface area contributed by atoms with Gasteiger partial charge in [-0.25, -0.2) is 4.79 Å². The van der Waals surface area contributed by atoms with Crippen molar-refractivity contribution in [3.8, 4) is 0 Å². The number of carbonyl (C=O) groups is 1. The van der Waals surface area contributed by atoms with Crippen molar-refractivity contribution in [1.82, 2.24) is 4.90 Å². The van der Waals surface area contributed by atoms with Gasteiger partial charge in [-0.05, 0) is 23.4 Å². The maximum Gasteiger partial charge on any atom is 0.409 e. The van der Waals surface area contributed by atoms with Crippen molar-refractivity contribution in [2.45, 2.75) is 13.0 Å². The Morgan fingerprint density at radius 1 is 1.69 bits per heavy atom. The Morgan fingerprint density at radius 2 is 2.54 bits per heavy atom. The second-order valence-corrected chi connectivity index (χ2v) is 4.01. The molecule has 0 radical (unpaired) electrons. The van der Waals surface area contributed by atoms with E-state index < -0.39 is 0 Å². The fourth-order valence-corrected chi connectivity index (χ4v) is 2.47. The highest BCUT2D eigenvalue weighted by Crippen LogP contribution is 2.24. The summed E-state index contributed by atoms with van der Waals surface area (Å²) < 4.78 is 4.67. The Labute approximate surface area is 80.9 Å². The number of nitrogens with zero attached hydrogens (tertiary/aromatic N) is 1. The lowest BCUT2D eigenvalue weighted by atomic mass is 10.1. The largest absolute Gasteiger partial charge is 0.453 e. The summed E-state index contributed by atoms with van der Waals surface area (Å²) in [7, 11) is 1.42. The van der Waals surface area contributed by atoms with Crippen LogP contribution in [0.2, 0.25) is 0 Å². The third kappa shape index (κ3) is 1.54. The Morgan fingerprint density at radius 3 is 3.31 bits per heavy atom. The minimum Gasteiger partial charge on any atom is -0.453 e. The maximum atomic E-state index is 11.2. The molecule has 0 N–H and O–H groups in total. The Hall–Kier alpha value is -1.03. The van der Waals surface area contributed by atoms with Crippen LogP contribution in [0.5, 0.6) is 0 Å². The van der Waals surface area contributed by atoms with E-state index in [1.165, 1.54) is 17.6 Å². The molecular formula is C9H11NO2S. The molecule has 70 valence electrons. The number of hydrogen-bond donors (Lipinski definition) is 0. The molecule has 2 heterocycles. The summed E-state index contributed by atoms with van der Waals surface area (Å²) in [5.41, 5.74) is 1.38. The molecule has 0 spiro atoms. The van der Waals surface area contributed by atoms with Crippen LogP contribution in [0.4, 0.5) is 4.79 Å². The van der Waals surface area contributed by atoms with Crippen LogP contribution in [0.15, 0.2) is 11.4 Å². The van der Waals surface area contributed by atoms with E-state index in [0.29, 0.717) is 6.54 Å². The molecule has 0 aromatic carbocycles. The van der Waals surface area contributed by atoms with E-state index >= 15 is 0 Å². The first kappa shape index (κ1) is 8.56. The topological polar surface area (TPSA) is 29.5 Å². The summed E-state index contributed by atoms with van der Waals surface area (Å²) in [6.45, 7) is 1.48. The van der Waals surface area contributed by atoms with E-state index in [2.05, 4.69) is 16.2 Å². The third-order valence-electron chi connectivity index (χ3n) is 2.26. The molecule has 1 amide bonds. The Kier molecular flexibility index (Phi) is 2.22. The molecule has 4 heteroatoms. The highest BCUT2D eigenvalue weighted by molar-refractivity contribution is 7.10. The Balaban J connectivity index is 2.13. The predicted octanol–water partition coefficient (Wildman–Crippen LogP) is 1.87. The number of methoxy groups -OCH3 is 1. The van der Waals surface area contributed by atoms with Crippen LogP contribution < -0.4 is 0 Å². The first-order valence-electron chi connectivity index (χ1n) is 4.19. The summed E-state index contributed by atoms with van der Waals surface area (Å²) in [5, 5.41) is 2.07.